The Bertz CT molecular complexity index is 1410. The molecule has 2 unspecified atom stereocenters. The van der Waals surface area contributed by atoms with Crippen LogP contribution in [-0.2, 0) is 26.2 Å². The van der Waals surface area contributed by atoms with Crippen LogP contribution in [-0.4, -0.2) is 43.8 Å². The Morgan fingerprint density at radius 3 is 2.32 bits per heavy atom. The van der Waals surface area contributed by atoms with Crippen molar-refractivity contribution in [3.63, 3.8) is 0 Å². The lowest BCUT2D eigenvalue weighted by Crippen LogP contribution is -2.50. The quantitative estimate of drug-likeness (QED) is 0.368. The zero-order valence-electron chi connectivity index (χ0n) is 22.6. The molecule has 8 heteroatoms. The Morgan fingerprint density at radius 1 is 0.974 bits per heavy atom. The molecule has 0 aromatic heterocycles. The van der Waals surface area contributed by atoms with Crippen molar-refractivity contribution >= 4 is 38.3 Å². The molecule has 38 heavy (non-hydrogen) atoms. The van der Waals surface area contributed by atoms with Crippen LogP contribution >= 0.6 is 0 Å². The third-order valence-corrected chi connectivity index (χ3v) is 9.15. The molecule has 1 N–H and O–H groups in total. The number of hydrogen-bond donors (Lipinski definition) is 1. The first-order valence-corrected chi connectivity index (χ1v) is 14.8. The summed E-state index contributed by atoms with van der Waals surface area (Å²) in [4.78, 5) is 28.7. The van der Waals surface area contributed by atoms with Crippen molar-refractivity contribution in [2.45, 2.75) is 76.9 Å². The lowest BCUT2D eigenvalue weighted by Gasteiger charge is -2.32. The zero-order valence-corrected chi connectivity index (χ0v) is 23.4. The lowest BCUT2D eigenvalue weighted by molar-refractivity contribution is -0.141. The van der Waals surface area contributed by atoms with Gasteiger partial charge in [0.15, 0.2) is 0 Å². The minimum absolute atomic E-state index is 0.0117. The highest BCUT2D eigenvalue weighted by molar-refractivity contribution is 7.93. The molecule has 0 saturated carbocycles. The molecule has 4 rings (SSSR count). The average Bonchev–Trinajstić information content (AvgIpc) is 3.12. The summed E-state index contributed by atoms with van der Waals surface area (Å²) < 4.78 is 28.0. The summed E-state index contributed by atoms with van der Waals surface area (Å²) in [5.74, 6) is -0.324. The number of rotatable bonds is 11. The second-order valence-electron chi connectivity index (χ2n) is 10.1. The molecule has 2 amide bonds. The molecule has 0 fully saturated rings. The summed E-state index contributed by atoms with van der Waals surface area (Å²) in [6.07, 6.45) is 1.76. The highest BCUT2D eigenvalue weighted by atomic mass is 32.2. The fourth-order valence-electron chi connectivity index (χ4n) is 4.97. The smallest absolute Gasteiger partial charge is 0.265 e. The molecular formula is C30H37N3O4S. The van der Waals surface area contributed by atoms with Gasteiger partial charge in [0, 0.05) is 30.9 Å². The molecular weight excluding hydrogens is 498 g/mol. The molecule has 2 atom stereocenters. The summed E-state index contributed by atoms with van der Waals surface area (Å²) in [6, 6.07) is 18.2. The lowest BCUT2D eigenvalue weighted by atomic mass is 10.1. The van der Waals surface area contributed by atoms with Crippen molar-refractivity contribution in [1.82, 2.24) is 10.2 Å². The second-order valence-corrected chi connectivity index (χ2v) is 11.9. The normalized spacial score (nSPS) is 15.3. The van der Waals surface area contributed by atoms with Gasteiger partial charge < -0.3 is 10.2 Å². The van der Waals surface area contributed by atoms with Crippen LogP contribution in [0, 0.1) is 6.92 Å². The summed E-state index contributed by atoms with van der Waals surface area (Å²) in [5, 5.41) is 4.63. The van der Waals surface area contributed by atoms with E-state index in [-0.39, 0.29) is 30.8 Å². The summed E-state index contributed by atoms with van der Waals surface area (Å²) in [6.45, 7) is 8.38. The van der Waals surface area contributed by atoms with Crippen molar-refractivity contribution < 1.29 is 18.0 Å². The number of carbonyl (C=O) groups is 2. The van der Waals surface area contributed by atoms with Gasteiger partial charge in [-0.3, -0.25) is 13.9 Å². The second kappa shape index (κ2) is 11.6. The van der Waals surface area contributed by atoms with Crippen LogP contribution in [0.1, 0.15) is 57.6 Å². The number of benzene rings is 3. The van der Waals surface area contributed by atoms with Gasteiger partial charge in [0.2, 0.25) is 11.8 Å². The maximum absolute atomic E-state index is 13.6. The van der Waals surface area contributed by atoms with Gasteiger partial charge in [-0.25, -0.2) is 8.42 Å². The molecule has 1 heterocycles. The number of carbonyl (C=O) groups excluding carboxylic acids is 2. The standard InChI is InChI=1S/C30H37N3O4S/c1-5-22(4)31-30(35)25(6-2)32(20-23-17-15-21(3)16-18-23)28(34)14-9-19-33-26-12-7-10-24-11-8-13-27(29(24)26)38(33,36)37/h7-8,10-13,15-18,22,25H,5-6,9,14,19-20H2,1-4H3,(H,31,35). The highest BCUT2D eigenvalue weighted by Crippen LogP contribution is 2.42. The van der Waals surface area contributed by atoms with Crippen molar-refractivity contribution in [3.8, 4) is 0 Å². The topological polar surface area (TPSA) is 86.8 Å². The molecule has 7 nitrogen and oxygen atoms in total. The molecule has 3 aromatic rings. The van der Waals surface area contributed by atoms with Gasteiger partial charge in [0.05, 0.1) is 10.6 Å². The van der Waals surface area contributed by atoms with Crippen LogP contribution in [0.15, 0.2) is 65.6 Å². The van der Waals surface area contributed by atoms with E-state index in [4.69, 9.17) is 0 Å². The average molecular weight is 536 g/mol. The first kappa shape index (κ1) is 27.6. The van der Waals surface area contributed by atoms with Crippen molar-refractivity contribution in [1.29, 1.82) is 0 Å². The van der Waals surface area contributed by atoms with E-state index in [9.17, 15) is 18.0 Å². The van der Waals surface area contributed by atoms with E-state index in [1.165, 1.54) is 4.31 Å². The molecule has 0 spiro atoms. The van der Waals surface area contributed by atoms with E-state index in [1.807, 2.05) is 76.2 Å². The van der Waals surface area contributed by atoms with Crippen LogP contribution < -0.4 is 9.62 Å². The Kier molecular flexibility index (Phi) is 8.41. The minimum atomic E-state index is -3.68. The van der Waals surface area contributed by atoms with Gasteiger partial charge in [-0.05, 0) is 56.2 Å². The molecule has 1 aliphatic heterocycles. The molecule has 0 bridgehead atoms. The van der Waals surface area contributed by atoms with Gasteiger partial charge in [0.1, 0.15) is 6.04 Å². The molecule has 3 aromatic carbocycles. The number of nitrogens with zero attached hydrogens (tertiary/aromatic N) is 2. The van der Waals surface area contributed by atoms with Crippen LogP contribution in [0.2, 0.25) is 0 Å². The molecule has 0 radical (unpaired) electrons. The maximum atomic E-state index is 13.6. The summed E-state index contributed by atoms with van der Waals surface area (Å²) >= 11 is 0. The Labute approximate surface area is 225 Å². The van der Waals surface area contributed by atoms with E-state index in [0.717, 1.165) is 28.3 Å². The van der Waals surface area contributed by atoms with Crippen LogP contribution in [0.4, 0.5) is 5.69 Å². The van der Waals surface area contributed by atoms with Crippen molar-refractivity contribution in [2.24, 2.45) is 0 Å². The van der Waals surface area contributed by atoms with E-state index < -0.39 is 16.1 Å². The van der Waals surface area contributed by atoms with Gasteiger partial charge in [0.25, 0.3) is 10.0 Å². The fourth-order valence-corrected chi connectivity index (χ4v) is 6.72. The van der Waals surface area contributed by atoms with E-state index >= 15 is 0 Å². The predicted octanol–water partition coefficient (Wildman–Crippen LogP) is 5.16. The minimum Gasteiger partial charge on any atom is -0.352 e. The number of hydrogen-bond acceptors (Lipinski definition) is 4. The molecule has 0 aliphatic carbocycles. The number of anilines is 1. The van der Waals surface area contributed by atoms with Gasteiger partial charge in [-0.15, -0.1) is 0 Å². The Morgan fingerprint density at radius 2 is 1.66 bits per heavy atom. The first-order chi connectivity index (χ1) is 18.2. The number of aryl methyl sites for hydroxylation is 1. The van der Waals surface area contributed by atoms with E-state index in [2.05, 4.69) is 5.32 Å². The van der Waals surface area contributed by atoms with E-state index in [1.54, 1.807) is 17.0 Å². The number of nitrogens with one attached hydrogen (secondary N) is 1. The SMILES string of the molecule is CCC(C)NC(=O)C(CC)N(Cc1ccc(C)cc1)C(=O)CCCN1c2cccc3cccc(c23)S1(=O)=O. The third-order valence-electron chi connectivity index (χ3n) is 7.29. The van der Waals surface area contributed by atoms with E-state index in [0.29, 0.717) is 30.0 Å². The van der Waals surface area contributed by atoms with Crippen molar-refractivity contribution in [2.75, 3.05) is 10.8 Å². The monoisotopic (exact) mass is 535 g/mol. The molecule has 202 valence electrons. The summed E-state index contributed by atoms with van der Waals surface area (Å²) in [7, 11) is -3.68. The predicted molar refractivity (Wildman–Crippen MR) is 151 cm³/mol. The van der Waals surface area contributed by atoms with Gasteiger partial charge in [-0.2, -0.15) is 0 Å². The zero-order chi connectivity index (χ0) is 27.4. The fraction of sp³-hybridized carbons (Fsp3) is 0.400. The van der Waals surface area contributed by atoms with Crippen LogP contribution in [0.5, 0.6) is 0 Å². The van der Waals surface area contributed by atoms with Crippen LogP contribution in [0.25, 0.3) is 10.8 Å². The van der Waals surface area contributed by atoms with Gasteiger partial charge in [-0.1, -0.05) is 67.9 Å². The summed E-state index contributed by atoms with van der Waals surface area (Å²) in [5.41, 5.74) is 2.72. The Hall–Kier alpha value is -3.39. The Balaban J connectivity index is 1.52. The van der Waals surface area contributed by atoms with Gasteiger partial charge >= 0.3 is 0 Å². The highest BCUT2D eigenvalue weighted by Gasteiger charge is 2.35. The number of sulfonamides is 1. The van der Waals surface area contributed by atoms with Crippen LogP contribution in [0.3, 0.4) is 0 Å². The molecule has 1 aliphatic rings. The maximum Gasteiger partial charge on any atom is 0.265 e. The largest absolute Gasteiger partial charge is 0.352 e. The third kappa shape index (κ3) is 5.55. The first-order valence-electron chi connectivity index (χ1n) is 13.4. The molecule has 0 saturated heterocycles. The number of amides is 2. The van der Waals surface area contributed by atoms with Crippen molar-refractivity contribution in [3.05, 3.63) is 71.8 Å².